The highest BCUT2D eigenvalue weighted by molar-refractivity contribution is 9.09. The van der Waals surface area contributed by atoms with Crippen molar-refractivity contribution in [2.24, 2.45) is 5.92 Å². The first-order valence-electron chi connectivity index (χ1n) is 6.13. The first kappa shape index (κ1) is 13.3. The van der Waals surface area contributed by atoms with E-state index in [1.807, 2.05) is 0 Å². The standard InChI is InChI=1S/C13H17BrN2O2/c1-18-13-10(5-3-7-15-13)12(17)16-8-9-4-2-6-11(9)14/h3,5,7,9,11H,2,4,6,8H2,1H3,(H,16,17). The second kappa shape index (κ2) is 6.18. The molecule has 1 heterocycles. The Balaban J connectivity index is 1.95. The van der Waals surface area contributed by atoms with Crippen LogP contribution in [0, 0.1) is 5.92 Å². The van der Waals surface area contributed by atoms with E-state index in [1.54, 1.807) is 18.3 Å². The molecule has 0 radical (unpaired) electrons. The number of carbonyl (C=O) groups is 1. The minimum atomic E-state index is -0.119. The van der Waals surface area contributed by atoms with Gasteiger partial charge < -0.3 is 10.1 Å². The van der Waals surface area contributed by atoms with Crippen LogP contribution >= 0.6 is 15.9 Å². The van der Waals surface area contributed by atoms with Crippen molar-refractivity contribution in [2.45, 2.75) is 24.1 Å². The summed E-state index contributed by atoms with van der Waals surface area (Å²) < 4.78 is 5.08. The van der Waals surface area contributed by atoms with E-state index >= 15 is 0 Å². The highest BCUT2D eigenvalue weighted by atomic mass is 79.9. The third kappa shape index (κ3) is 3.02. The fourth-order valence-corrected chi connectivity index (χ4v) is 3.04. The van der Waals surface area contributed by atoms with Crippen molar-refractivity contribution in [2.75, 3.05) is 13.7 Å². The second-order valence-electron chi connectivity index (χ2n) is 4.48. The highest BCUT2D eigenvalue weighted by Gasteiger charge is 2.25. The van der Waals surface area contributed by atoms with Gasteiger partial charge in [-0.3, -0.25) is 4.79 Å². The quantitative estimate of drug-likeness (QED) is 0.868. The van der Waals surface area contributed by atoms with E-state index in [0.29, 0.717) is 28.7 Å². The van der Waals surface area contributed by atoms with Gasteiger partial charge in [-0.25, -0.2) is 4.98 Å². The number of nitrogens with zero attached hydrogens (tertiary/aromatic N) is 1. The lowest BCUT2D eigenvalue weighted by atomic mass is 10.1. The summed E-state index contributed by atoms with van der Waals surface area (Å²) >= 11 is 3.65. The molecule has 0 spiro atoms. The van der Waals surface area contributed by atoms with Crippen molar-refractivity contribution in [3.05, 3.63) is 23.9 Å². The van der Waals surface area contributed by atoms with Gasteiger partial charge >= 0.3 is 0 Å². The molecule has 1 aliphatic carbocycles. The van der Waals surface area contributed by atoms with Crippen LogP contribution < -0.4 is 10.1 Å². The van der Waals surface area contributed by atoms with E-state index in [2.05, 4.69) is 26.2 Å². The highest BCUT2D eigenvalue weighted by Crippen LogP contribution is 2.30. The van der Waals surface area contributed by atoms with Gasteiger partial charge in [0.15, 0.2) is 0 Å². The monoisotopic (exact) mass is 312 g/mol. The Hall–Kier alpha value is -1.10. The van der Waals surface area contributed by atoms with Gasteiger partial charge in [0.05, 0.1) is 7.11 Å². The van der Waals surface area contributed by atoms with Crippen molar-refractivity contribution in [3.8, 4) is 5.88 Å². The van der Waals surface area contributed by atoms with E-state index in [-0.39, 0.29) is 5.91 Å². The van der Waals surface area contributed by atoms with Gasteiger partial charge in [0, 0.05) is 17.6 Å². The average molecular weight is 313 g/mol. The number of methoxy groups -OCH3 is 1. The van der Waals surface area contributed by atoms with Gasteiger partial charge in [-0.2, -0.15) is 0 Å². The first-order chi connectivity index (χ1) is 8.72. The fourth-order valence-electron chi connectivity index (χ4n) is 2.27. The summed E-state index contributed by atoms with van der Waals surface area (Å²) in [5.74, 6) is 0.778. The lowest BCUT2D eigenvalue weighted by Crippen LogP contribution is -2.31. The Bertz CT molecular complexity index is 425. The molecule has 0 aliphatic heterocycles. The maximum absolute atomic E-state index is 12.0. The van der Waals surface area contributed by atoms with Crippen LogP contribution in [0.4, 0.5) is 0 Å². The zero-order chi connectivity index (χ0) is 13.0. The third-order valence-electron chi connectivity index (χ3n) is 3.30. The summed E-state index contributed by atoms with van der Waals surface area (Å²) in [7, 11) is 1.52. The molecular formula is C13H17BrN2O2. The number of amides is 1. The summed E-state index contributed by atoms with van der Waals surface area (Å²) in [6.45, 7) is 0.701. The molecular weight excluding hydrogens is 296 g/mol. The largest absolute Gasteiger partial charge is 0.480 e. The lowest BCUT2D eigenvalue weighted by molar-refractivity contribution is 0.0944. The van der Waals surface area contributed by atoms with Crippen LogP contribution in [0.15, 0.2) is 18.3 Å². The Morgan fingerprint density at radius 1 is 1.61 bits per heavy atom. The maximum atomic E-state index is 12.0. The van der Waals surface area contributed by atoms with Crippen molar-refractivity contribution >= 4 is 21.8 Å². The molecule has 2 unspecified atom stereocenters. The van der Waals surface area contributed by atoms with Crippen molar-refractivity contribution in [1.29, 1.82) is 0 Å². The van der Waals surface area contributed by atoms with Crippen molar-refractivity contribution in [3.63, 3.8) is 0 Å². The Kier molecular flexibility index (Phi) is 4.58. The number of rotatable bonds is 4. The number of carbonyl (C=O) groups excluding carboxylic acids is 1. The second-order valence-corrected chi connectivity index (χ2v) is 5.65. The average Bonchev–Trinajstić information content (AvgIpc) is 2.81. The lowest BCUT2D eigenvalue weighted by Gasteiger charge is -2.15. The summed E-state index contributed by atoms with van der Waals surface area (Å²) in [5.41, 5.74) is 0.490. The Labute approximate surface area is 115 Å². The molecule has 4 nitrogen and oxygen atoms in total. The number of pyridine rings is 1. The van der Waals surface area contributed by atoms with Gasteiger partial charge in [0.25, 0.3) is 5.91 Å². The van der Waals surface area contributed by atoms with Crippen molar-refractivity contribution in [1.82, 2.24) is 10.3 Å². The fraction of sp³-hybridized carbons (Fsp3) is 0.538. The Morgan fingerprint density at radius 3 is 3.11 bits per heavy atom. The van der Waals surface area contributed by atoms with Crippen LogP contribution in [-0.2, 0) is 0 Å². The zero-order valence-corrected chi connectivity index (χ0v) is 11.9. The molecule has 1 saturated carbocycles. The normalized spacial score (nSPS) is 22.8. The van der Waals surface area contributed by atoms with Gasteiger partial charge in [-0.1, -0.05) is 22.4 Å². The molecule has 98 valence electrons. The summed E-state index contributed by atoms with van der Waals surface area (Å²) in [6, 6.07) is 3.46. The van der Waals surface area contributed by atoms with E-state index in [0.717, 1.165) is 0 Å². The minimum Gasteiger partial charge on any atom is -0.480 e. The molecule has 2 rings (SSSR count). The molecule has 1 aliphatic rings. The topological polar surface area (TPSA) is 51.2 Å². The molecule has 1 aromatic rings. The molecule has 1 N–H and O–H groups in total. The van der Waals surface area contributed by atoms with E-state index in [4.69, 9.17) is 4.74 Å². The van der Waals surface area contributed by atoms with Gasteiger partial charge in [0.1, 0.15) is 5.56 Å². The predicted octanol–water partition coefficient (Wildman–Crippen LogP) is 2.38. The molecule has 1 amide bonds. The molecule has 0 aromatic carbocycles. The van der Waals surface area contributed by atoms with Gasteiger partial charge in [-0.05, 0) is 30.9 Å². The van der Waals surface area contributed by atoms with E-state index in [1.165, 1.54) is 26.4 Å². The van der Waals surface area contributed by atoms with Crippen LogP contribution in [0.5, 0.6) is 5.88 Å². The van der Waals surface area contributed by atoms with Crippen LogP contribution in [-0.4, -0.2) is 29.4 Å². The summed E-state index contributed by atoms with van der Waals surface area (Å²) in [6.07, 6.45) is 5.20. The van der Waals surface area contributed by atoms with E-state index in [9.17, 15) is 4.79 Å². The SMILES string of the molecule is COc1ncccc1C(=O)NCC1CCCC1Br. The number of hydrogen-bond acceptors (Lipinski definition) is 3. The molecule has 0 saturated heterocycles. The number of nitrogens with one attached hydrogen (secondary N) is 1. The summed E-state index contributed by atoms with van der Waals surface area (Å²) in [4.78, 5) is 16.6. The zero-order valence-electron chi connectivity index (χ0n) is 10.4. The van der Waals surface area contributed by atoms with Crippen LogP contribution in [0.1, 0.15) is 29.6 Å². The number of ether oxygens (including phenoxy) is 1. The van der Waals surface area contributed by atoms with Gasteiger partial charge in [0.2, 0.25) is 5.88 Å². The molecule has 2 atom stereocenters. The van der Waals surface area contributed by atoms with Gasteiger partial charge in [-0.15, -0.1) is 0 Å². The van der Waals surface area contributed by atoms with Crippen molar-refractivity contribution < 1.29 is 9.53 Å². The summed E-state index contributed by atoms with van der Waals surface area (Å²) in [5, 5.41) is 2.96. The predicted molar refractivity (Wildman–Crippen MR) is 73.2 cm³/mol. The number of aromatic nitrogens is 1. The third-order valence-corrected chi connectivity index (χ3v) is 4.51. The molecule has 5 heteroatoms. The maximum Gasteiger partial charge on any atom is 0.256 e. The smallest absolute Gasteiger partial charge is 0.256 e. The number of hydrogen-bond donors (Lipinski definition) is 1. The van der Waals surface area contributed by atoms with Crippen LogP contribution in [0.3, 0.4) is 0 Å². The minimum absolute atomic E-state index is 0.119. The molecule has 1 fully saturated rings. The van der Waals surface area contributed by atoms with Crippen LogP contribution in [0.25, 0.3) is 0 Å². The molecule has 0 bridgehead atoms. The molecule has 18 heavy (non-hydrogen) atoms. The number of halogens is 1. The first-order valence-corrected chi connectivity index (χ1v) is 7.05. The molecule has 1 aromatic heterocycles. The van der Waals surface area contributed by atoms with E-state index < -0.39 is 0 Å². The Morgan fingerprint density at radius 2 is 2.44 bits per heavy atom. The van der Waals surface area contributed by atoms with Crippen LogP contribution in [0.2, 0.25) is 0 Å². The number of alkyl halides is 1.